The van der Waals surface area contributed by atoms with E-state index < -0.39 is 19.0 Å². The van der Waals surface area contributed by atoms with Crippen LogP contribution in [0.5, 0.6) is 11.5 Å². The molecule has 1 amide bonds. The minimum absolute atomic E-state index is 0.105. The van der Waals surface area contributed by atoms with Crippen LogP contribution in [0.2, 0.25) is 0 Å². The van der Waals surface area contributed by atoms with E-state index in [1.165, 1.54) is 26.4 Å². The molecule has 0 aliphatic rings. The maximum atomic E-state index is 11.2. The fraction of sp³-hybridized carbons (Fsp3) is 0.417. The number of rotatable bonds is 5. The Hall–Kier alpha value is -1.43. The van der Waals surface area contributed by atoms with Crippen LogP contribution < -0.4 is 14.8 Å². The van der Waals surface area contributed by atoms with Crippen LogP contribution in [0.25, 0.3) is 0 Å². The topological polar surface area (TPSA) is 56.8 Å². The third-order valence-electron chi connectivity index (χ3n) is 2.02. The van der Waals surface area contributed by atoms with Crippen LogP contribution in [0.1, 0.15) is 11.0 Å². The zero-order chi connectivity index (χ0) is 17.1. The summed E-state index contributed by atoms with van der Waals surface area (Å²) in [7, 11) is 3.79. The standard InChI is InChI=1S/C12H16BrNO4/c1-16-10-7-9(13)11(17-2)6-8(10)4-5-14-12(15)18-3/h6-7H,4-5H2,1-3H3,(H,14,15)/i4D2,5D2. The number of carbonyl (C=O) groups is 1. The molecule has 6 heteroatoms. The molecule has 100 valence electrons. The van der Waals surface area contributed by atoms with E-state index in [4.69, 9.17) is 15.0 Å². The molecule has 0 bridgehead atoms. The number of methoxy groups -OCH3 is 3. The van der Waals surface area contributed by atoms with Crippen LogP contribution in [-0.4, -0.2) is 33.9 Å². The Kier molecular flexibility index (Phi) is 3.75. The molecule has 0 radical (unpaired) electrons. The molecular weight excluding hydrogens is 302 g/mol. The normalized spacial score (nSPS) is 14.7. The Bertz CT molecular complexity index is 568. The van der Waals surface area contributed by atoms with E-state index in [0.717, 1.165) is 7.11 Å². The second kappa shape index (κ2) is 7.10. The van der Waals surface area contributed by atoms with E-state index >= 15 is 0 Å². The van der Waals surface area contributed by atoms with Gasteiger partial charge in [-0.1, -0.05) is 0 Å². The minimum Gasteiger partial charge on any atom is -0.496 e. The molecule has 0 atom stereocenters. The summed E-state index contributed by atoms with van der Waals surface area (Å²) in [6.07, 6.45) is -3.70. The Morgan fingerprint density at radius 2 is 2.00 bits per heavy atom. The van der Waals surface area contributed by atoms with E-state index in [1.807, 2.05) is 5.32 Å². The lowest BCUT2D eigenvalue weighted by Crippen LogP contribution is -2.25. The van der Waals surface area contributed by atoms with Crippen molar-refractivity contribution >= 4 is 22.0 Å². The van der Waals surface area contributed by atoms with Crippen LogP contribution in [-0.2, 0) is 11.1 Å². The average molecular weight is 322 g/mol. The molecule has 1 N–H and O–H groups in total. The van der Waals surface area contributed by atoms with Gasteiger partial charge in [-0.15, -0.1) is 0 Å². The maximum Gasteiger partial charge on any atom is 0.406 e. The SMILES string of the molecule is [2H]C([2H])(NC(=O)OC)C([2H])([2H])c1cc(OC)c(Br)cc1OC. The predicted octanol–water partition coefficient (Wildman–Crippen LogP) is 2.36. The Balaban J connectivity index is 3.40. The number of ether oxygens (including phenoxy) is 3. The summed E-state index contributed by atoms with van der Waals surface area (Å²) in [5, 5.41) is 1.84. The monoisotopic (exact) mass is 321 g/mol. The van der Waals surface area contributed by atoms with Crippen molar-refractivity contribution in [1.82, 2.24) is 5.32 Å². The Labute approximate surface area is 120 Å². The van der Waals surface area contributed by atoms with Crippen LogP contribution in [0, 0.1) is 0 Å². The van der Waals surface area contributed by atoms with Gasteiger partial charge in [0.2, 0.25) is 0 Å². The van der Waals surface area contributed by atoms with E-state index in [9.17, 15) is 4.79 Å². The summed E-state index contributed by atoms with van der Waals surface area (Å²) in [4.78, 5) is 11.2. The molecule has 0 aliphatic heterocycles. The van der Waals surface area contributed by atoms with Crippen molar-refractivity contribution in [3.63, 3.8) is 0 Å². The first-order chi connectivity index (χ1) is 10.1. The molecule has 18 heavy (non-hydrogen) atoms. The van der Waals surface area contributed by atoms with Crippen LogP contribution in [0.15, 0.2) is 16.6 Å². The molecule has 5 nitrogen and oxygen atoms in total. The van der Waals surface area contributed by atoms with Gasteiger partial charge in [-0.25, -0.2) is 4.79 Å². The summed E-state index contributed by atoms with van der Waals surface area (Å²) >= 11 is 3.24. The van der Waals surface area contributed by atoms with Crippen LogP contribution in [0.4, 0.5) is 4.79 Å². The zero-order valence-electron chi connectivity index (χ0n) is 14.2. The highest BCUT2D eigenvalue weighted by atomic mass is 79.9. The smallest absolute Gasteiger partial charge is 0.406 e. The van der Waals surface area contributed by atoms with Gasteiger partial charge in [0.25, 0.3) is 0 Å². The lowest BCUT2D eigenvalue weighted by atomic mass is 10.1. The van der Waals surface area contributed by atoms with E-state index in [-0.39, 0.29) is 11.3 Å². The number of alkyl carbamates (subject to hydrolysis) is 1. The van der Waals surface area contributed by atoms with Gasteiger partial charge in [-0.2, -0.15) is 0 Å². The number of nitrogens with one attached hydrogen (secondary N) is 1. The van der Waals surface area contributed by atoms with Crippen LogP contribution in [0.3, 0.4) is 0 Å². The first-order valence-corrected chi connectivity index (χ1v) is 5.68. The van der Waals surface area contributed by atoms with Gasteiger partial charge in [0.1, 0.15) is 11.5 Å². The van der Waals surface area contributed by atoms with Gasteiger partial charge in [0.15, 0.2) is 0 Å². The molecule has 1 aromatic rings. The summed E-state index contributed by atoms with van der Waals surface area (Å²) in [5.41, 5.74) is -0.114. The molecule has 1 aromatic carbocycles. The quantitative estimate of drug-likeness (QED) is 0.904. The van der Waals surface area contributed by atoms with Crippen molar-refractivity contribution in [3.8, 4) is 11.5 Å². The summed E-state index contributed by atoms with van der Waals surface area (Å²) in [6, 6.07) is 2.76. The number of benzene rings is 1. The highest BCUT2D eigenvalue weighted by Gasteiger charge is 2.09. The molecule has 0 unspecified atom stereocenters. The molecule has 0 saturated heterocycles. The number of hydrogen-bond acceptors (Lipinski definition) is 4. The fourth-order valence-electron chi connectivity index (χ4n) is 1.16. The second-order valence-corrected chi connectivity index (χ2v) is 3.91. The lowest BCUT2D eigenvalue weighted by Gasteiger charge is -2.12. The molecule has 0 aliphatic carbocycles. The van der Waals surface area contributed by atoms with E-state index in [1.54, 1.807) is 0 Å². The highest BCUT2D eigenvalue weighted by Crippen LogP contribution is 2.32. The molecule has 0 heterocycles. The molecule has 0 saturated carbocycles. The van der Waals surface area contributed by atoms with Crippen molar-refractivity contribution in [3.05, 3.63) is 22.2 Å². The third kappa shape index (κ3) is 3.80. The van der Waals surface area contributed by atoms with Gasteiger partial charge in [-0.05, 0) is 40.0 Å². The summed E-state index contributed by atoms with van der Waals surface area (Å²) in [6.45, 7) is -2.74. The van der Waals surface area contributed by atoms with Gasteiger partial charge in [0.05, 0.1) is 25.8 Å². The molecule has 1 rings (SSSR count). The van der Waals surface area contributed by atoms with Gasteiger partial charge < -0.3 is 19.5 Å². The number of halogens is 1. The largest absolute Gasteiger partial charge is 0.496 e. The fourth-order valence-corrected chi connectivity index (χ4v) is 1.64. The van der Waals surface area contributed by atoms with Crippen molar-refractivity contribution < 1.29 is 24.5 Å². The van der Waals surface area contributed by atoms with E-state index in [0.29, 0.717) is 10.2 Å². The maximum absolute atomic E-state index is 11.2. The first-order valence-electron chi connectivity index (χ1n) is 6.88. The van der Waals surface area contributed by atoms with Gasteiger partial charge in [-0.3, -0.25) is 0 Å². The predicted molar refractivity (Wildman–Crippen MR) is 71.4 cm³/mol. The van der Waals surface area contributed by atoms with E-state index in [2.05, 4.69) is 20.7 Å². The number of carbonyl (C=O) groups excluding carboxylic acids is 1. The van der Waals surface area contributed by atoms with Gasteiger partial charge >= 0.3 is 6.09 Å². The Morgan fingerprint density at radius 1 is 1.33 bits per heavy atom. The molecule has 0 spiro atoms. The third-order valence-corrected chi connectivity index (χ3v) is 2.64. The molecular formula is C12H16BrNO4. The minimum atomic E-state index is -2.74. The number of hydrogen-bond donors (Lipinski definition) is 1. The average Bonchev–Trinajstić information content (AvgIpc) is 2.45. The van der Waals surface area contributed by atoms with Crippen LogP contribution >= 0.6 is 15.9 Å². The molecule has 0 aromatic heterocycles. The van der Waals surface area contributed by atoms with Crippen molar-refractivity contribution in [2.45, 2.75) is 6.37 Å². The molecule has 0 fully saturated rings. The van der Waals surface area contributed by atoms with Crippen molar-refractivity contribution in [2.75, 3.05) is 27.8 Å². The summed E-state index contributed by atoms with van der Waals surface area (Å²) in [5.74, 6) is 0.404. The van der Waals surface area contributed by atoms with Gasteiger partial charge in [0, 0.05) is 12.0 Å². The highest BCUT2D eigenvalue weighted by molar-refractivity contribution is 9.10. The second-order valence-electron chi connectivity index (χ2n) is 3.05. The van der Waals surface area contributed by atoms with Crippen molar-refractivity contribution in [1.29, 1.82) is 0 Å². The lowest BCUT2D eigenvalue weighted by molar-refractivity contribution is 0.171. The zero-order valence-corrected chi connectivity index (χ0v) is 11.8. The number of amides is 1. The Morgan fingerprint density at radius 3 is 2.56 bits per heavy atom. The summed E-state index contributed by atoms with van der Waals surface area (Å²) < 4.78 is 46.9. The first kappa shape index (κ1) is 9.49. The van der Waals surface area contributed by atoms with Crippen molar-refractivity contribution in [2.24, 2.45) is 0 Å². The number of aryl methyl sites for hydroxylation is 1.